The van der Waals surface area contributed by atoms with Crippen LogP contribution in [0.2, 0.25) is 0 Å². The van der Waals surface area contributed by atoms with E-state index in [1.165, 1.54) is 18.2 Å². The molecule has 8 heteroatoms. The number of thioether (sulfide) groups is 1. The number of hydrogen-bond acceptors (Lipinski definition) is 3. The number of para-hydroxylation sites is 2. The Morgan fingerprint density at radius 1 is 0.840 bits per heavy atom. The number of carbonyl (C=O) groups is 2. The maximum Gasteiger partial charge on any atom is 0.418 e. The van der Waals surface area contributed by atoms with Gasteiger partial charge in [-0.25, -0.2) is 0 Å². The Bertz CT molecular complexity index is 736. The van der Waals surface area contributed by atoms with E-state index >= 15 is 0 Å². The molecule has 2 N–H and O–H groups in total. The average Bonchev–Trinajstić information content (AvgIpc) is 2.55. The van der Waals surface area contributed by atoms with Crippen LogP contribution in [0.5, 0.6) is 0 Å². The Balaban J connectivity index is 1.81. The molecule has 0 unspecified atom stereocenters. The highest BCUT2D eigenvalue weighted by Gasteiger charge is 2.33. The second-order valence-electron chi connectivity index (χ2n) is 5.00. The van der Waals surface area contributed by atoms with E-state index in [4.69, 9.17) is 0 Å². The lowest BCUT2D eigenvalue weighted by atomic mass is 10.1. The number of hydrogen-bond donors (Lipinski definition) is 2. The largest absolute Gasteiger partial charge is 0.418 e. The van der Waals surface area contributed by atoms with Crippen LogP contribution in [0.25, 0.3) is 0 Å². The second kappa shape index (κ2) is 8.57. The lowest BCUT2D eigenvalue weighted by Crippen LogP contribution is -2.20. The summed E-state index contributed by atoms with van der Waals surface area (Å²) in [5.41, 5.74) is -0.568. The molecule has 0 saturated heterocycles. The van der Waals surface area contributed by atoms with E-state index in [1.54, 1.807) is 24.3 Å². The monoisotopic (exact) mass is 368 g/mol. The summed E-state index contributed by atoms with van der Waals surface area (Å²) in [6, 6.07) is 13.6. The van der Waals surface area contributed by atoms with E-state index in [9.17, 15) is 22.8 Å². The van der Waals surface area contributed by atoms with Crippen molar-refractivity contribution in [3.63, 3.8) is 0 Å². The van der Waals surface area contributed by atoms with Gasteiger partial charge >= 0.3 is 6.18 Å². The van der Waals surface area contributed by atoms with Gasteiger partial charge in [0.05, 0.1) is 22.8 Å². The highest BCUT2D eigenvalue weighted by atomic mass is 32.2. The standard InChI is InChI=1S/C17H15F3N2O2S/c18-17(19,20)13-8-4-5-9-14(13)22-16(24)11-25-10-15(23)21-12-6-2-1-3-7-12/h1-9H,10-11H2,(H,21,23)(H,22,24). The van der Waals surface area contributed by atoms with Gasteiger partial charge in [0.25, 0.3) is 0 Å². The van der Waals surface area contributed by atoms with Gasteiger partial charge in [-0.15, -0.1) is 11.8 Å². The smallest absolute Gasteiger partial charge is 0.325 e. The molecular formula is C17H15F3N2O2S. The van der Waals surface area contributed by atoms with Crippen LogP contribution >= 0.6 is 11.8 Å². The molecule has 0 bridgehead atoms. The van der Waals surface area contributed by atoms with E-state index in [0.29, 0.717) is 5.69 Å². The summed E-state index contributed by atoms with van der Waals surface area (Å²) >= 11 is 1.02. The van der Waals surface area contributed by atoms with Crippen LogP contribution in [-0.4, -0.2) is 23.3 Å². The first-order valence-electron chi connectivity index (χ1n) is 7.25. The molecule has 2 aromatic rings. The van der Waals surface area contributed by atoms with Gasteiger partial charge in [-0.2, -0.15) is 13.2 Å². The minimum absolute atomic E-state index is 0.0171. The predicted molar refractivity (Wildman–Crippen MR) is 92.5 cm³/mol. The molecule has 0 fully saturated rings. The zero-order valence-corrected chi connectivity index (χ0v) is 13.8. The van der Waals surface area contributed by atoms with Gasteiger partial charge in [0.15, 0.2) is 0 Å². The summed E-state index contributed by atoms with van der Waals surface area (Å²) in [4.78, 5) is 23.5. The fraction of sp³-hybridized carbons (Fsp3) is 0.176. The van der Waals surface area contributed by atoms with E-state index in [2.05, 4.69) is 10.6 Å². The normalized spacial score (nSPS) is 11.0. The molecular weight excluding hydrogens is 353 g/mol. The van der Waals surface area contributed by atoms with Crippen LogP contribution in [0.3, 0.4) is 0 Å². The van der Waals surface area contributed by atoms with Crippen LogP contribution in [0.1, 0.15) is 5.56 Å². The zero-order chi connectivity index (χ0) is 18.3. The van der Waals surface area contributed by atoms with Crippen molar-refractivity contribution in [2.75, 3.05) is 22.1 Å². The number of halogens is 3. The molecule has 0 aliphatic carbocycles. The molecule has 0 aliphatic rings. The Kier molecular flexibility index (Phi) is 6.46. The number of alkyl halides is 3. The minimum atomic E-state index is -4.55. The number of amides is 2. The van der Waals surface area contributed by atoms with Crippen molar-refractivity contribution in [3.8, 4) is 0 Å². The first kappa shape index (κ1) is 18.9. The lowest BCUT2D eigenvalue weighted by Gasteiger charge is -2.13. The molecule has 4 nitrogen and oxygen atoms in total. The minimum Gasteiger partial charge on any atom is -0.325 e. The molecule has 0 radical (unpaired) electrons. The van der Waals surface area contributed by atoms with Crippen LogP contribution in [0.15, 0.2) is 54.6 Å². The fourth-order valence-corrected chi connectivity index (χ4v) is 2.60. The summed E-state index contributed by atoms with van der Waals surface area (Å²) in [6.07, 6.45) is -4.55. The number of anilines is 2. The van der Waals surface area contributed by atoms with Gasteiger partial charge in [-0.1, -0.05) is 30.3 Å². The average molecular weight is 368 g/mol. The first-order valence-corrected chi connectivity index (χ1v) is 8.40. The van der Waals surface area contributed by atoms with Gasteiger partial charge in [0.2, 0.25) is 11.8 Å². The van der Waals surface area contributed by atoms with Crippen molar-refractivity contribution < 1.29 is 22.8 Å². The van der Waals surface area contributed by atoms with Crippen LogP contribution in [0, 0.1) is 0 Å². The molecule has 132 valence electrons. The molecule has 25 heavy (non-hydrogen) atoms. The summed E-state index contributed by atoms with van der Waals surface area (Å²) in [5.74, 6) is -1.01. The van der Waals surface area contributed by atoms with E-state index in [1.807, 2.05) is 6.07 Å². The third-order valence-electron chi connectivity index (χ3n) is 3.03. The molecule has 0 spiro atoms. The molecule has 2 amide bonds. The topological polar surface area (TPSA) is 58.2 Å². The Morgan fingerprint density at radius 3 is 2.04 bits per heavy atom. The fourth-order valence-electron chi connectivity index (χ4n) is 1.98. The number of nitrogens with one attached hydrogen (secondary N) is 2. The molecule has 0 aromatic heterocycles. The molecule has 0 heterocycles. The number of benzene rings is 2. The summed E-state index contributed by atoms with van der Waals surface area (Å²) in [6.45, 7) is 0. The van der Waals surface area contributed by atoms with Crippen molar-refractivity contribution in [1.82, 2.24) is 0 Å². The zero-order valence-electron chi connectivity index (χ0n) is 13.0. The summed E-state index contributed by atoms with van der Waals surface area (Å²) in [7, 11) is 0. The van der Waals surface area contributed by atoms with E-state index in [0.717, 1.165) is 17.8 Å². The van der Waals surface area contributed by atoms with Crippen LogP contribution in [0.4, 0.5) is 24.5 Å². The highest BCUT2D eigenvalue weighted by molar-refractivity contribution is 8.00. The summed E-state index contributed by atoms with van der Waals surface area (Å²) in [5, 5.41) is 4.88. The lowest BCUT2D eigenvalue weighted by molar-refractivity contribution is -0.137. The van der Waals surface area contributed by atoms with Gasteiger partial charge < -0.3 is 10.6 Å². The Morgan fingerprint density at radius 2 is 1.40 bits per heavy atom. The van der Waals surface area contributed by atoms with Gasteiger partial charge in [0, 0.05) is 5.69 Å². The third-order valence-corrected chi connectivity index (χ3v) is 3.96. The molecule has 0 saturated carbocycles. The predicted octanol–water partition coefficient (Wildman–Crippen LogP) is 4.02. The second-order valence-corrected chi connectivity index (χ2v) is 5.98. The Hall–Kier alpha value is -2.48. The van der Waals surface area contributed by atoms with Gasteiger partial charge in [0.1, 0.15) is 0 Å². The molecule has 2 rings (SSSR count). The number of rotatable bonds is 6. The SMILES string of the molecule is O=C(CSCC(=O)Nc1ccccc1C(F)(F)F)Nc1ccccc1. The maximum atomic E-state index is 12.9. The van der Waals surface area contributed by atoms with Crippen molar-refractivity contribution in [2.24, 2.45) is 0 Å². The van der Waals surface area contributed by atoms with Crippen molar-refractivity contribution >= 4 is 35.0 Å². The van der Waals surface area contributed by atoms with E-state index in [-0.39, 0.29) is 23.1 Å². The van der Waals surface area contributed by atoms with E-state index < -0.39 is 17.6 Å². The molecule has 0 atom stereocenters. The first-order chi connectivity index (χ1) is 11.9. The molecule has 2 aromatic carbocycles. The quantitative estimate of drug-likeness (QED) is 0.810. The van der Waals surface area contributed by atoms with Crippen LogP contribution in [-0.2, 0) is 15.8 Å². The molecule has 0 aliphatic heterocycles. The van der Waals surface area contributed by atoms with Crippen molar-refractivity contribution in [3.05, 3.63) is 60.2 Å². The maximum absolute atomic E-state index is 12.9. The number of carbonyl (C=O) groups excluding carboxylic acids is 2. The van der Waals surface area contributed by atoms with Crippen molar-refractivity contribution in [1.29, 1.82) is 0 Å². The van der Waals surface area contributed by atoms with Gasteiger partial charge in [-0.3, -0.25) is 9.59 Å². The summed E-state index contributed by atoms with van der Waals surface area (Å²) < 4.78 is 38.6. The highest BCUT2D eigenvalue weighted by Crippen LogP contribution is 2.34. The van der Waals surface area contributed by atoms with Crippen LogP contribution < -0.4 is 10.6 Å². The van der Waals surface area contributed by atoms with Crippen molar-refractivity contribution in [2.45, 2.75) is 6.18 Å². The third kappa shape index (κ3) is 6.15. The van der Waals surface area contributed by atoms with Gasteiger partial charge in [-0.05, 0) is 24.3 Å². The Labute approximate surface area is 146 Å².